The molecule has 3 N–H and O–H groups in total. The molecule has 0 spiro atoms. The summed E-state index contributed by atoms with van der Waals surface area (Å²) in [5.74, 6) is -0.156. The number of amides is 1. The average Bonchev–Trinajstić information content (AvgIpc) is 3.30. The number of fused-ring (bicyclic) bond motifs is 2. The molecule has 4 aromatic rings. The lowest BCUT2D eigenvalue weighted by molar-refractivity contribution is 0.0529. The second kappa shape index (κ2) is 8.19. The molecule has 2 heterocycles. The van der Waals surface area contributed by atoms with E-state index in [4.69, 9.17) is 4.74 Å². The van der Waals surface area contributed by atoms with Crippen molar-refractivity contribution in [2.24, 2.45) is 5.10 Å². The molecule has 0 aliphatic rings. The Morgan fingerprint density at radius 2 is 1.44 bits per heavy atom. The van der Waals surface area contributed by atoms with Gasteiger partial charge in [0.1, 0.15) is 5.60 Å². The van der Waals surface area contributed by atoms with Gasteiger partial charge in [-0.15, -0.1) is 0 Å². The fourth-order valence-electron chi connectivity index (χ4n) is 4.11. The van der Waals surface area contributed by atoms with Crippen LogP contribution in [-0.2, 0) is 4.74 Å². The summed E-state index contributed by atoms with van der Waals surface area (Å²) in [4.78, 5) is 19.0. The standard InChI is InChI=1S/C26H30N4O2/c1-15-7-9-22-18(11-15)20(13-27-22)24(17(3)29-30-25(31)32-26(4,5)6)21-14-28-23-10-8-16(2)12-19(21)23/h7-14,24,27-28H,1-6H3,(H,30,31)/b29-17+. The maximum absolute atomic E-state index is 12.2. The molecule has 0 fully saturated rings. The van der Waals surface area contributed by atoms with Crippen molar-refractivity contribution in [3.8, 4) is 0 Å². The third kappa shape index (κ3) is 4.40. The minimum atomic E-state index is -0.588. The van der Waals surface area contributed by atoms with Gasteiger partial charge in [0.05, 0.1) is 5.92 Å². The lowest BCUT2D eigenvalue weighted by Gasteiger charge is -2.20. The Bertz CT molecular complexity index is 1240. The summed E-state index contributed by atoms with van der Waals surface area (Å²) in [7, 11) is 0. The lowest BCUT2D eigenvalue weighted by atomic mass is 9.87. The Morgan fingerprint density at radius 1 is 0.938 bits per heavy atom. The summed E-state index contributed by atoms with van der Waals surface area (Å²) in [6.07, 6.45) is 3.51. The predicted molar refractivity (Wildman–Crippen MR) is 130 cm³/mol. The molecule has 166 valence electrons. The molecule has 0 bridgehead atoms. The zero-order valence-electron chi connectivity index (χ0n) is 19.5. The highest BCUT2D eigenvalue weighted by molar-refractivity contribution is 6.01. The highest BCUT2D eigenvalue weighted by atomic mass is 16.6. The van der Waals surface area contributed by atoms with Crippen LogP contribution >= 0.6 is 0 Å². The number of rotatable bonds is 4. The fourth-order valence-corrected chi connectivity index (χ4v) is 4.11. The van der Waals surface area contributed by atoms with Gasteiger partial charge in [0.2, 0.25) is 0 Å². The van der Waals surface area contributed by atoms with E-state index in [-0.39, 0.29) is 5.92 Å². The van der Waals surface area contributed by atoms with Gasteiger partial charge in [-0.2, -0.15) is 5.10 Å². The van der Waals surface area contributed by atoms with Crippen LogP contribution in [0, 0.1) is 13.8 Å². The molecule has 0 atom stereocenters. The van der Waals surface area contributed by atoms with E-state index in [1.54, 1.807) is 0 Å². The van der Waals surface area contributed by atoms with Crippen LogP contribution in [0.2, 0.25) is 0 Å². The number of carbonyl (C=O) groups is 1. The van der Waals surface area contributed by atoms with E-state index in [0.29, 0.717) is 0 Å². The van der Waals surface area contributed by atoms with Gasteiger partial charge in [0.25, 0.3) is 0 Å². The molecule has 0 aliphatic heterocycles. The van der Waals surface area contributed by atoms with Gasteiger partial charge in [-0.25, -0.2) is 10.2 Å². The molecule has 2 aromatic carbocycles. The third-order valence-electron chi connectivity index (χ3n) is 5.50. The first kappa shape index (κ1) is 21.7. The molecule has 6 nitrogen and oxygen atoms in total. The largest absolute Gasteiger partial charge is 0.443 e. The number of hydrogen-bond donors (Lipinski definition) is 3. The number of aromatic nitrogens is 2. The van der Waals surface area contributed by atoms with Gasteiger partial charge in [-0.05, 0) is 76.9 Å². The minimum absolute atomic E-state index is 0.156. The van der Waals surface area contributed by atoms with Crippen LogP contribution in [0.15, 0.2) is 53.9 Å². The Labute approximate surface area is 188 Å². The summed E-state index contributed by atoms with van der Waals surface area (Å²) < 4.78 is 5.35. The van der Waals surface area contributed by atoms with Crippen LogP contribution in [0.4, 0.5) is 4.79 Å². The number of hydrogen-bond acceptors (Lipinski definition) is 3. The topological polar surface area (TPSA) is 82.3 Å². The number of aryl methyl sites for hydroxylation is 2. The third-order valence-corrected chi connectivity index (χ3v) is 5.50. The number of aromatic amines is 2. The molecule has 6 heteroatoms. The van der Waals surface area contributed by atoms with Gasteiger partial charge < -0.3 is 14.7 Å². The summed E-state index contributed by atoms with van der Waals surface area (Å²) in [5, 5.41) is 6.73. The van der Waals surface area contributed by atoms with E-state index in [1.807, 2.05) is 40.1 Å². The second-order valence-electron chi connectivity index (χ2n) is 9.39. The van der Waals surface area contributed by atoms with Crippen LogP contribution in [-0.4, -0.2) is 27.4 Å². The summed E-state index contributed by atoms with van der Waals surface area (Å²) in [5.41, 5.74) is 9.48. The Kier molecular flexibility index (Phi) is 5.55. The summed E-state index contributed by atoms with van der Waals surface area (Å²) in [6.45, 7) is 11.6. The van der Waals surface area contributed by atoms with E-state index in [9.17, 15) is 4.79 Å². The van der Waals surface area contributed by atoms with Crippen molar-refractivity contribution in [1.29, 1.82) is 0 Å². The molecular weight excluding hydrogens is 400 g/mol. The molecule has 0 saturated heterocycles. The van der Waals surface area contributed by atoms with Crippen molar-refractivity contribution in [2.75, 3.05) is 0 Å². The SMILES string of the molecule is C/C(=N\NC(=O)OC(C)(C)C)C(c1c[nH]c2ccc(C)cc12)c1c[nH]c2ccc(C)cc12. The summed E-state index contributed by atoms with van der Waals surface area (Å²) >= 11 is 0. The Hall–Kier alpha value is -3.54. The monoisotopic (exact) mass is 430 g/mol. The maximum Gasteiger partial charge on any atom is 0.428 e. The van der Waals surface area contributed by atoms with Crippen LogP contribution in [0.5, 0.6) is 0 Å². The molecule has 32 heavy (non-hydrogen) atoms. The van der Waals surface area contributed by atoms with Crippen molar-refractivity contribution < 1.29 is 9.53 Å². The van der Waals surface area contributed by atoms with Crippen LogP contribution in [0.1, 0.15) is 55.9 Å². The van der Waals surface area contributed by atoms with Crippen molar-refractivity contribution >= 4 is 33.6 Å². The Morgan fingerprint density at radius 3 is 1.91 bits per heavy atom. The van der Waals surface area contributed by atoms with E-state index >= 15 is 0 Å². The first-order valence-electron chi connectivity index (χ1n) is 10.8. The molecule has 2 aromatic heterocycles. The number of carbonyl (C=O) groups excluding carboxylic acids is 1. The molecule has 0 radical (unpaired) electrons. The lowest BCUT2D eigenvalue weighted by Crippen LogP contribution is -2.30. The highest BCUT2D eigenvalue weighted by Gasteiger charge is 2.25. The van der Waals surface area contributed by atoms with Crippen molar-refractivity contribution in [1.82, 2.24) is 15.4 Å². The number of hydrazone groups is 1. The fraction of sp³-hybridized carbons (Fsp3) is 0.308. The van der Waals surface area contributed by atoms with Gasteiger partial charge >= 0.3 is 6.09 Å². The number of nitrogens with one attached hydrogen (secondary N) is 3. The number of ether oxygens (including phenoxy) is 1. The molecule has 0 saturated carbocycles. The quantitative estimate of drug-likeness (QED) is 0.262. The number of benzene rings is 2. The van der Waals surface area contributed by atoms with E-state index in [2.05, 4.69) is 70.7 Å². The van der Waals surface area contributed by atoms with Gasteiger partial charge in [0.15, 0.2) is 0 Å². The zero-order valence-corrected chi connectivity index (χ0v) is 19.5. The predicted octanol–water partition coefficient (Wildman–Crippen LogP) is 6.30. The van der Waals surface area contributed by atoms with Crippen LogP contribution in [0.3, 0.4) is 0 Å². The Balaban J connectivity index is 1.83. The normalized spacial score (nSPS) is 12.7. The second-order valence-corrected chi connectivity index (χ2v) is 9.39. The molecule has 1 amide bonds. The molecule has 0 aliphatic carbocycles. The maximum atomic E-state index is 12.2. The molecule has 0 unspecified atom stereocenters. The molecule has 4 rings (SSSR count). The van der Waals surface area contributed by atoms with Gasteiger partial charge in [-0.1, -0.05) is 23.3 Å². The zero-order chi connectivity index (χ0) is 23.0. The van der Waals surface area contributed by atoms with Crippen molar-refractivity contribution in [3.63, 3.8) is 0 Å². The van der Waals surface area contributed by atoms with E-state index in [1.165, 1.54) is 11.1 Å². The molecular formula is C26H30N4O2. The average molecular weight is 431 g/mol. The first-order chi connectivity index (χ1) is 15.1. The number of H-pyrrole nitrogens is 2. The van der Waals surface area contributed by atoms with Crippen molar-refractivity contribution in [2.45, 2.75) is 53.1 Å². The first-order valence-corrected chi connectivity index (χ1v) is 10.8. The van der Waals surface area contributed by atoms with E-state index in [0.717, 1.165) is 38.6 Å². The summed E-state index contributed by atoms with van der Waals surface area (Å²) in [6, 6.07) is 12.7. The van der Waals surface area contributed by atoms with Crippen molar-refractivity contribution in [3.05, 3.63) is 71.0 Å². The van der Waals surface area contributed by atoms with Gasteiger partial charge in [0, 0.05) is 39.9 Å². The van der Waals surface area contributed by atoms with Gasteiger partial charge in [-0.3, -0.25) is 0 Å². The van der Waals surface area contributed by atoms with Crippen LogP contribution < -0.4 is 5.43 Å². The minimum Gasteiger partial charge on any atom is -0.443 e. The number of nitrogens with zero attached hydrogens (tertiary/aromatic N) is 1. The van der Waals surface area contributed by atoms with E-state index < -0.39 is 11.7 Å². The smallest absolute Gasteiger partial charge is 0.428 e. The van der Waals surface area contributed by atoms with Crippen LogP contribution in [0.25, 0.3) is 21.8 Å². The highest BCUT2D eigenvalue weighted by Crippen LogP contribution is 2.36.